The SMILES string of the molecule is CCOc1cc(/C=C2/SC(=O)N(CC(=O)O[C@@H](C)CC)C2=O)ccc1OCc1cccc2ccccc12. The van der Waals surface area contributed by atoms with E-state index >= 15 is 0 Å². The van der Waals surface area contributed by atoms with Gasteiger partial charge in [-0.1, -0.05) is 55.5 Å². The summed E-state index contributed by atoms with van der Waals surface area (Å²) in [6.07, 6.45) is 1.99. The van der Waals surface area contributed by atoms with Crippen molar-refractivity contribution in [2.24, 2.45) is 0 Å². The number of carbonyl (C=O) groups excluding carboxylic acids is 3. The molecule has 0 spiro atoms. The summed E-state index contributed by atoms with van der Waals surface area (Å²) in [5.41, 5.74) is 1.73. The molecule has 0 unspecified atom stereocenters. The van der Waals surface area contributed by atoms with E-state index in [9.17, 15) is 14.4 Å². The van der Waals surface area contributed by atoms with Gasteiger partial charge < -0.3 is 14.2 Å². The molecule has 0 aromatic heterocycles. The van der Waals surface area contributed by atoms with E-state index in [4.69, 9.17) is 14.2 Å². The maximum atomic E-state index is 12.8. The fourth-order valence-corrected chi connectivity index (χ4v) is 4.68. The van der Waals surface area contributed by atoms with Crippen LogP contribution in [0.1, 0.15) is 38.3 Å². The minimum atomic E-state index is -0.607. The third-order valence-electron chi connectivity index (χ3n) is 5.90. The van der Waals surface area contributed by atoms with Gasteiger partial charge in [0.25, 0.3) is 11.1 Å². The van der Waals surface area contributed by atoms with Crippen LogP contribution in [-0.2, 0) is 20.9 Å². The molecule has 1 aliphatic heterocycles. The summed E-state index contributed by atoms with van der Waals surface area (Å²) in [5, 5.41) is 1.77. The predicted molar refractivity (Wildman–Crippen MR) is 144 cm³/mol. The van der Waals surface area contributed by atoms with Crippen molar-refractivity contribution in [1.29, 1.82) is 0 Å². The molecule has 0 saturated carbocycles. The van der Waals surface area contributed by atoms with Gasteiger partial charge in [-0.25, -0.2) is 0 Å². The van der Waals surface area contributed by atoms with Crippen molar-refractivity contribution < 1.29 is 28.6 Å². The lowest BCUT2D eigenvalue weighted by molar-refractivity contribution is -0.150. The molecule has 37 heavy (non-hydrogen) atoms. The molecule has 4 rings (SSSR count). The number of thioether (sulfide) groups is 1. The number of benzene rings is 3. The molecule has 1 fully saturated rings. The number of hydrogen-bond donors (Lipinski definition) is 0. The molecule has 1 aliphatic rings. The number of esters is 1. The number of fused-ring (bicyclic) bond motifs is 1. The quantitative estimate of drug-likeness (QED) is 0.233. The van der Waals surface area contributed by atoms with E-state index in [1.165, 1.54) is 0 Å². The second-order valence-electron chi connectivity index (χ2n) is 8.54. The van der Waals surface area contributed by atoms with E-state index < -0.39 is 23.7 Å². The van der Waals surface area contributed by atoms with Crippen molar-refractivity contribution in [2.75, 3.05) is 13.2 Å². The Bertz CT molecular complexity index is 1350. The lowest BCUT2D eigenvalue weighted by atomic mass is 10.1. The van der Waals surface area contributed by atoms with E-state index in [1.807, 2.05) is 38.1 Å². The van der Waals surface area contributed by atoms with E-state index in [-0.39, 0.29) is 11.0 Å². The van der Waals surface area contributed by atoms with E-state index in [0.29, 0.717) is 36.7 Å². The fourth-order valence-electron chi connectivity index (χ4n) is 3.84. The summed E-state index contributed by atoms with van der Waals surface area (Å²) in [6.45, 7) is 5.92. The number of rotatable bonds is 10. The summed E-state index contributed by atoms with van der Waals surface area (Å²) in [7, 11) is 0. The van der Waals surface area contributed by atoms with Crippen LogP contribution in [0.4, 0.5) is 4.79 Å². The molecule has 7 nitrogen and oxygen atoms in total. The summed E-state index contributed by atoms with van der Waals surface area (Å²) in [5.74, 6) is -0.0183. The first-order valence-corrected chi connectivity index (χ1v) is 13.0. The molecule has 1 saturated heterocycles. The van der Waals surface area contributed by atoms with Crippen molar-refractivity contribution in [3.8, 4) is 11.5 Å². The van der Waals surface area contributed by atoms with Gasteiger partial charge in [0.1, 0.15) is 13.2 Å². The minimum Gasteiger partial charge on any atom is -0.490 e. The molecule has 0 aliphatic carbocycles. The Morgan fingerprint density at radius 1 is 1.00 bits per heavy atom. The van der Waals surface area contributed by atoms with Crippen molar-refractivity contribution in [3.05, 3.63) is 76.7 Å². The summed E-state index contributed by atoms with van der Waals surface area (Å²) in [4.78, 5) is 38.4. The highest BCUT2D eigenvalue weighted by molar-refractivity contribution is 8.18. The zero-order valence-electron chi connectivity index (χ0n) is 21.1. The average molecular weight is 520 g/mol. The van der Waals surface area contributed by atoms with Gasteiger partial charge in [-0.2, -0.15) is 0 Å². The standard InChI is InChI=1S/C29H29NO6S/c1-4-19(3)36-27(31)17-30-28(32)26(37-29(30)33)16-20-13-14-24(25(15-20)34-5-2)35-18-22-11-8-10-21-9-6-7-12-23(21)22/h6-16,19H,4-5,17-18H2,1-3H3/b26-16+/t19-/m0/s1. The van der Waals surface area contributed by atoms with E-state index in [1.54, 1.807) is 31.2 Å². The van der Waals surface area contributed by atoms with Gasteiger partial charge in [0.05, 0.1) is 17.6 Å². The Kier molecular flexibility index (Phi) is 8.50. The van der Waals surface area contributed by atoms with Crippen molar-refractivity contribution in [3.63, 3.8) is 0 Å². The zero-order valence-corrected chi connectivity index (χ0v) is 21.9. The molecule has 1 atom stereocenters. The predicted octanol–water partition coefficient (Wildman–Crippen LogP) is 6.20. The van der Waals surface area contributed by atoms with Crippen LogP contribution < -0.4 is 9.47 Å². The monoisotopic (exact) mass is 519 g/mol. The number of hydrogen-bond acceptors (Lipinski definition) is 7. The number of ether oxygens (including phenoxy) is 3. The largest absolute Gasteiger partial charge is 0.490 e. The van der Waals surface area contributed by atoms with Crippen LogP contribution >= 0.6 is 11.8 Å². The third kappa shape index (κ3) is 6.32. The number of imide groups is 1. The average Bonchev–Trinajstić information content (AvgIpc) is 3.15. The van der Waals surface area contributed by atoms with E-state index in [2.05, 4.69) is 18.2 Å². The maximum absolute atomic E-state index is 12.8. The summed E-state index contributed by atoms with van der Waals surface area (Å²) < 4.78 is 17.1. The summed E-state index contributed by atoms with van der Waals surface area (Å²) >= 11 is 0.794. The fraction of sp³-hybridized carbons (Fsp3) is 0.276. The van der Waals surface area contributed by atoms with Gasteiger partial charge >= 0.3 is 5.97 Å². The number of amides is 2. The molecule has 192 valence electrons. The molecule has 2 amide bonds. The minimum absolute atomic E-state index is 0.230. The smallest absolute Gasteiger partial charge is 0.326 e. The second kappa shape index (κ2) is 12.0. The van der Waals surface area contributed by atoms with Crippen molar-refractivity contribution >= 4 is 45.7 Å². The van der Waals surface area contributed by atoms with Gasteiger partial charge in [-0.15, -0.1) is 0 Å². The zero-order chi connectivity index (χ0) is 26.4. The molecule has 8 heteroatoms. The molecule has 0 radical (unpaired) electrons. The number of nitrogens with zero attached hydrogens (tertiary/aromatic N) is 1. The Morgan fingerprint density at radius 2 is 1.78 bits per heavy atom. The highest BCUT2D eigenvalue weighted by atomic mass is 32.2. The highest BCUT2D eigenvalue weighted by Crippen LogP contribution is 2.35. The molecule has 3 aromatic rings. The van der Waals surface area contributed by atoms with Crippen molar-refractivity contribution in [1.82, 2.24) is 4.90 Å². The first-order chi connectivity index (χ1) is 17.9. The third-order valence-corrected chi connectivity index (χ3v) is 6.80. The molecule has 0 bridgehead atoms. The highest BCUT2D eigenvalue weighted by Gasteiger charge is 2.36. The first kappa shape index (κ1) is 26.3. The van der Waals surface area contributed by atoms with Crippen LogP contribution in [0.5, 0.6) is 11.5 Å². The Balaban J connectivity index is 1.49. The second-order valence-corrected chi connectivity index (χ2v) is 9.54. The molecule has 3 aromatic carbocycles. The number of carbonyl (C=O) groups is 3. The normalized spacial score (nSPS) is 15.3. The molecule has 1 heterocycles. The Morgan fingerprint density at radius 3 is 2.57 bits per heavy atom. The van der Waals surface area contributed by atoms with Gasteiger partial charge in [0.15, 0.2) is 11.5 Å². The van der Waals surface area contributed by atoms with E-state index in [0.717, 1.165) is 33.0 Å². The Labute approximate surface area is 220 Å². The maximum Gasteiger partial charge on any atom is 0.326 e. The van der Waals surface area contributed by atoms with Crippen LogP contribution in [0, 0.1) is 0 Å². The topological polar surface area (TPSA) is 82.1 Å². The van der Waals surface area contributed by atoms with Gasteiger partial charge in [-0.05, 0) is 72.1 Å². The van der Waals surface area contributed by atoms with Gasteiger partial charge in [0, 0.05) is 0 Å². The summed E-state index contributed by atoms with van der Waals surface area (Å²) in [6, 6.07) is 19.6. The van der Waals surface area contributed by atoms with Crippen LogP contribution in [0.15, 0.2) is 65.6 Å². The molecular weight excluding hydrogens is 490 g/mol. The molecule has 0 N–H and O–H groups in total. The van der Waals surface area contributed by atoms with Gasteiger partial charge in [-0.3, -0.25) is 19.3 Å². The molecular formula is C29H29NO6S. The lowest BCUT2D eigenvalue weighted by Gasteiger charge is -2.15. The van der Waals surface area contributed by atoms with Gasteiger partial charge in [0.2, 0.25) is 0 Å². The lowest BCUT2D eigenvalue weighted by Crippen LogP contribution is -2.35. The van der Waals surface area contributed by atoms with Crippen LogP contribution in [0.2, 0.25) is 0 Å². The van der Waals surface area contributed by atoms with Crippen LogP contribution in [0.25, 0.3) is 16.8 Å². The Hall–Kier alpha value is -3.78. The first-order valence-electron chi connectivity index (χ1n) is 12.2. The van der Waals surface area contributed by atoms with Crippen LogP contribution in [0.3, 0.4) is 0 Å². The van der Waals surface area contributed by atoms with Crippen LogP contribution in [-0.4, -0.2) is 41.3 Å². The van der Waals surface area contributed by atoms with Crippen molar-refractivity contribution in [2.45, 2.75) is 39.9 Å².